The van der Waals surface area contributed by atoms with E-state index >= 15 is 0 Å². The molecule has 1 aliphatic rings. The fraction of sp³-hybridized carbons (Fsp3) is 0.462. The Balaban J connectivity index is 2.23. The van der Waals surface area contributed by atoms with Crippen molar-refractivity contribution in [1.82, 2.24) is 0 Å². The van der Waals surface area contributed by atoms with Gasteiger partial charge >= 0.3 is 5.97 Å². The third-order valence-electron chi connectivity index (χ3n) is 3.18. The van der Waals surface area contributed by atoms with Crippen LogP contribution in [0.1, 0.15) is 30.0 Å². The van der Waals surface area contributed by atoms with Crippen molar-refractivity contribution in [2.24, 2.45) is 5.92 Å². The summed E-state index contributed by atoms with van der Waals surface area (Å²) in [5.74, 6) is -1.04. The lowest BCUT2D eigenvalue weighted by molar-refractivity contribution is -0.141. The third kappa shape index (κ3) is 2.29. The summed E-state index contributed by atoms with van der Waals surface area (Å²) >= 11 is 3.58. The van der Waals surface area contributed by atoms with Gasteiger partial charge in [0.25, 0.3) is 0 Å². The topological polar surface area (TPSA) is 37.3 Å². The molecule has 1 N–H and O–H groups in total. The van der Waals surface area contributed by atoms with E-state index in [0.29, 0.717) is 6.42 Å². The Kier molecular flexibility index (Phi) is 3.33. The first kappa shape index (κ1) is 11.6. The number of carboxylic acid groups (broad SMARTS) is 1. The SMILES string of the molecule is CC(Cc1cc(Br)c2c(c1)CCC2)C(=O)O. The van der Waals surface area contributed by atoms with Gasteiger partial charge in [0.1, 0.15) is 0 Å². The minimum absolute atomic E-state index is 0.314. The lowest BCUT2D eigenvalue weighted by atomic mass is 9.98. The van der Waals surface area contributed by atoms with Gasteiger partial charge in [0.05, 0.1) is 5.92 Å². The van der Waals surface area contributed by atoms with E-state index in [2.05, 4.69) is 28.1 Å². The van der Waals surface area contributed by atoms with Crippen LogP contribution in [0.2, 0.25) is 0 Å². The van der Waals surface area contributed by atoms with E-state index in [1.165, 1.54) is 17.5 Å². The molecule has 86 valence electrons. The number of rotatable bonds is 3. The maximum absolute atomic E-state index is 10.8. The Morgan fingerprint density at radius 3 is 2.94 bits per heavy atom. The molecule has 1 atom stereocenters. The summed E-state index contributed by atoms with van der Waals surface area (Å²) in [5.41, 5.74) is 3.93. The van der Waals surface area contributed by atoms with Crippen LogP contribution in [0, 0.1) is 5.92 Å². The highest BCUT2D eigenvalue weighted by Crippen LogP contribution is 2.31. The van der Waals surface area contributed by atoms with Crippen LogP contribution in [0.5, 0.6) is 0 Å². The molecule has 16 heavy (non-hydrogen) atoms. The third-order valence-corrected chi connectivity index (χ3v) is 3.89. The number of hydrogen-bond acceptors (Lipinski definition) is 1. The van der Waals surface area contributed by atoms with E-state index in [4.69, 9.17) is 5.11 Å². The van der Waals surface area contributed by atoms with Gasteiger partial charge in [-0.2, -0.15) is 0 Å². The maximum Gasteiger partial charge on any atom is 0.306 e. The normalized spacial score (nSPS) is 15.9. The molecule has 2 rings (SSSR count). The number of fused-ring (bicyclic) bond motifs is 1. The van der Waals surface area contributed by atoms with Gasteiger partial charge in [0.15, 0.2) is 0 Å². The fourth-order valence-corrected chi connectivity index (χ4v) is 3.02. The molecular formula is C13H15BrO2. The summed E-state index contributed by atoms with van der Waals surface area (Å²) in [5, 5.41) is 8.89. The number of aliphatic carboxylic acids is 1. The standard InChI is InChI=1S/C13H15BrO2/c1-8(13(15)16)5-9-6-10-3-2-4-11(10)12(14)7-9/h6-8H,2-5H2,1H3,(H,15,16). The first-order valence-electron chi connectivity index (χ1n) is 5.61. The van der Waals surface area contributed by atoms with E-state index in [1.807, 2.05) is 0 Å². The number of hydrogen-bond donors (Lipinski definition) is 1. The van der Waals surface area contributed by atoms with Crippen LogP contribution in [0.4, 0.5) is 0 Å². The fourth-order valence-electron chi connectivity index (χ4n) is 2.27. The average Bonchev–Trinajstić information content (AvgIpc) is 2.65. The van der Waals surface area contributed by atoms with Gasteiger partial charge in [-0.15, -0.1) is 0 Å². The molecule has 0 fully saturated rings. The summed E-state index contributed by atoms with van der Waals surface area (Å²) in [6, 6.07) is 4.25. The number of aryl methyl sites for hydroxylation is 1. The first-order valence-corrected chi connectivity index (χ1v) is 6.40. The van der Waals surface area contributed by atoms with Gasteiger partial charge in [0.2, 0.25) is 0 Å². The minimum Gasteiger partial charge on any atom is -0.481 e. The molecule has 1 unspecified atom stereocenters. The summed E-state index contributed by atoms with van der Waals surface area (Å²) in [6.45, 7) is 1.75. The highest BCUT2D eigenvalue weighted by Gasteiger charge is 2.17. The Bertz CT molecular complexity index is 426. The molecule has 1 aromatic rings. The zero-order valence-corrected chi connectivity index (χ0v) is 10.9. The van der Waals surface area contributed by atoms with Crippen LogP contribution in [0.3, 0.4) is 0 Å². The molecule has 0 spiro atoms. The van der Waals surface area contributed by atoms with Crippen molar-refractivity contribution in [1.29, 1.82) is 0 Å². The molecule has 0 saturated heterocycles. The molecule has 3 heteroatoms. The van der Waals surface area contributed by atoms with Gasteiger partial charge in [-0.25, -0.2) is 0 Å². The predicted molar refractivity (Wildman–Crippen MR) is 66.7 cm³/mol. The quantitative estimate of drug-likeness (QED) is 0.925. The zero-order chi connectivity index (χ0) is 11.7. The average molecular weight is 283 g/mol. The van der Waals surface area contributed by atoms with Gasteiger partial charge < -0.3 is 5.11 Å². The first-order chi connectivity index (χ1) is 7.58. The maximum atomic E-state index is 10.8. The molecule has 0 saturated carbocycles. The van der Waals surface area contributed by atoms with E-state index in [0.717, 1.165) is 22.9 Å². The van der Waals surface area contributed by atoms with E-state index in [-0.39, 0.29) is 5.92 Å². The molecule has 0 amide bonds. The van der Waals surface area contributed by atoms with Crippen molar-refractivity contribution in [3.63, 3.8) is 0 Å². The molecule has 2 nitrogen and oxygen atoms in total. The van der Waals surface area contributed by atoms with Crippen molar-refractivity contribution < 1.29 is 9.90 Å². The molecule has 1 aromatic carbocycles. The second kappa shape index (κ2) is 4.58. The van der Waals surface area contributed by atoms with Gasteiger partial charge in [-0.05, 0) is 48.4 Å². The molecule has 0 radical (unpaired) electrons. The highest BCUT2D eigenvalue weighted by molar-refractivity contribution is 9.10. The lowest BCUT2D eigenvalue weighted by Gasteiger charge is -2.10. The lowest BCUT2D eigenvalue weighted by Crippen LogP contribution is -2.12. The number of carbonyl (C=O) groups is 1. The Hall–Kier alpha value is -0.830. The van der Waals surface area contributed by atoms with Crippen molar-refractivity contribution in [3.8, 4) is 0 Å². The monoisotopic (exact) mass is 282 g/mol. The molecule has 0 bridgehead atoms. The second-order valence-corrected chi connectivity index (χ2v) is 5.37. The van der Waals surface area contributed by atoms with Gasteiger partial charge in [-0.3, -0.25) is 4.79 Å². The van der Waals surface area contributed by atoms with E-state index < -0.39 is 5.97 Å². The Morgan fingerprint density at radius 2 is 2.25 bits per heavy atom. The smallest absolute Gasteiger partial charge is 0.306 e. The number of carboxylic acids is 1. The Morgan fingerprint density at radius 1 is 1.50 bits per heavy atom. The number of benzene rings is 1. The van der Waals surface area contributed by atoms with Crippen LogP contribution < -0.4 is 0 Å². The molecular weight excluding hydrogens is 268 g/mol. The van der Waals surface area contributed by atoms with Crippen LogP contribution in [-0.4, -0.2) is 11.1 Å². The predicted octanol–water partition coefficient (Wildman–Crippen LogP) is 3.20. The van der Waals surface area contributed by atoms with E-state index in [9.17, 15) is 4.79 Å². The van der Waals surface area contributed by atoms with Crippen molar-refractivity contribution >= 4 is 21.9 Å². The molecule has 0 aliphatic heterocycles. The van der Waals surface area contributed by atoms with Crippen molar-refractivity contribution in [2.75, 3.05) is 0 Å². The largest absolute Gasteiger partial charge is 0.481 e. The Labute approximate surface area is 104 Å². The molecule has 0 heterocycles. The summed E-state index contributed by atoms with van der Waals surface area (Å²) < 4.78 is 1.15. The van der Waals surface area contributed by atoms with Crippen molar-refractivity contribution in [3.05, 3.63) is 33.3 Å². The second-order valence-electron chi connectivity index (χ2n) is 4.51. The zero-order valence-electron chi connectivity index (χ0n) is 9.29. The van der Waals surface area contributed by atoms with Crippen LogP contribution in [0.15, 0.2) is 16.6 Å². The summed E-state index contributed by atoms with van der Waals surface area (Å²) in [6.07, 6.45) is 4.10. The van der Waals surface area contributed by atoms with Crippen LogP contribution in [-0.2, 0) is 24.1 Å². The van der Waals surface area contributed by atoms with E-state index in [1.54, 1.807) is 6.92 Å². The highest BCUT2D eigenvalue weighted by atomic mass is 79.9. The minimum atomic E-state index is -0.725. The van der Waals surface area contributed by atoms with Gasteiger partial charge in [0, 0.05) is 4.47 Å². The summed E-state index contributed by atoms with van der Waals surface area (Å²) in [4.78, 5) is 10.8. The molecule has 1 aliphatic carbocycles. The van der Waals surface area contributed by atoms with Crippen LogP contribution in [0.25, 0.3) is 0 Å². The summed E-state index contributed by atoms with van der Waals surface area (Å²) in [7, 11) is 0. The van der Waals surface area contributed by atoms with Gasteiger partial charge in [-0.1, -0.05) is 28.9 Å². The molecule has 0 aromatic heterocycles. The van der Waals surface area contributed by atoms with Crippen LogP contribution >= 0.6 is 15.9 Å². The number of halogens is 1. The van der Waals surface area contributed by atoms with Crippen molar-refractivity contribution in [2.45, 2.75) is 32.6 Å².